The van der Waals surface area contributed by atoms with E-state index in [0.29, 0.717) is 6.29 Å². The van der Waals surface area contributed by atoms with Crippen molar-refractivity contribution < 1.29 is 24.5 Å². The lowest BCUT2D eigenvalue weighted by molar-refractivity contribution is -0.215. The fourth-order valence-electron chi connectivity index (χ4n) is 1.30. The summed E-state index contributed by atoms with van der Waals surface area (Å²) in [7, 11) is 0. The summed E-state index contributed by atoms with van der Waals surface area (Å²) in [5, 5.41) is 18.4. The smallest absolute Gasteiger partial charge is 0.183 e. The minimum absolute atomic E-state index is 0.329. The van der Waals surface area contributed by atoms with E-state index in [9.17, 15) is 19.8 Å². The first kappa shape index (κ1) is 11.0. The number of ether oxygens (including phenoxy) is 1. The van der Waals surface area contributed by atoms with Gasteiger partial charge < -0.3 is 19.7 Å². The largest absolute Gasteiger partial charge is 0.387 e. The van der Waals surface area contributed by atoms with Gasteiger partial charge in [0.25, 0.3) is 0 Å². The summed E-state index contributed by atoms with van der Waals surface area (Å²) in [4.78, 5) is 21.9. The van der Waals surface area contributed by atoms with E-state index in [1.807, 2.05) is 0 Å². The SMILES string of the molecule is CC=C[C@H]1OC(O)[C@H](O)[C@@H](C=O)C1=O. The Kier molecular flexibility index (Phi) is 3.51. The van der Waals surface area contributed by atoms with Gasteiger partial charge in [-0.2, -0.15) is 0 Å². The fraction of sp³-hybridized carbons (Fsp3) is 0.556. The molecular formula is C9H12O5. The van der Waals surface area contributed by atoms with Gasteiger partial charge in [-0.25, -0.2) is 0 Å². The number of aliphatic hydroxyl groups is 2. The number of carbonyl (C=O) groups excluding carboxylic acids is 2. The second-order valence-corrected chi connectivity index (χ2v) is 3.03. The first-order valence-corrected chi connectivity index (χ1v) is 4.25. The van der Waals surface area contributed by atoms with E-state index < -0.39 is 30.2 Å². The molecule has 14 heavy (non-hydrogen) atoms. The zero-order valence-electron chi connectivity index (χ0n) is 7.66. The van der Waals surface area contributed by atoms with Crippen LogP contribution in [-0.2, 0) is 14.3 Å². The lowest BCUT2D eigenvalue weighted by Gasteiger charge is -2.31. The Hall–Kier alpha value is -1.04. The second kappa shape index (κ2) is 4.45. The normalized spacial score (nSPS) is 38.9. The van der Waals surface area contributed by atoms with Crippen LogP contribution in [0.3, 0.4) is 0 Å². The van der Waals surface area contributed by atoms with Crippen LogP contribution in [0.15, 0.2) is 12.2 Å². The van der Waals surface area contributed by atoms with Crippen molar-refractivity contribution in [3.63, 3.8) is 0 Å². The Labute approximate surface area is 81.0 Å². The van der Waals surface area contributed by atoms with Crippen molar-refractivity contribution in [3.8, 4) is 0 Å². The number of aliphatic hydroxyl groups excluding tert-OH is 2. The third-order valence-corrected chi connectivity index (χ3v) is 2.07. The molecule has 1 saturated heterocycles. The summed E-state index contributed by atoms with van der Waals surface area (Å²) in [5.41, 5.74) is 0. The highest BCUT2D eigenvalue weighted by molar-refractivity contribution is 5.98. The minimum atomic E-state index is -1.50. The molecule has 2 N–H and O–H groups in total. The van der Waals surface area contributed by atoms with E-state index in [-0.39, 0.29) is 0 Å². The summed E-state index contributed by atoms with van der Waals surface area (Å²) in [5.74, 6) is -1.74. The molecule has 1 aliphatic heterocycles. The summed E-state index contributed by atoms with van der Waals surface area (Å²) in [6, 6.07) is 0. The van der Waals surface area contributed by atoms with Gasteiger partial charge in [0, 0.05) is 0 Å². The maximum atomic E-state index is 11.4. The average molecular weight is 200 g/mol. The Balaban J connectivity index is 2.86. The van der Waals surface area contributed by atoms with Crippen LogP contribution in [0.5, 0.6) is 0 Å². The first-order chi connectivity index (χ1) is 6.61. The van der Waals surface area contributed by atoms with Crippen LogP contribution >= 0.6 is 0 Å². The molecule has 78 valence electrons. The van der Waals surface area contributed by atoms with Gasteiger partial charge in [-0.3, -0.25) is 4.79 Å². The van der Waals surface area contributed by atoms with E-state index in [1.165, 1.54) is 6.08 Å². The lowest BCUT2D eigenvalue weighted by atomic mass is 9.92. The van der Waals surface area contributed by atoms with Gasteiger partial charge >= 0.3 is 0 Å². The van der Waals surface area contributed by atoms with E-state index in [4.69, 9.17) is 4.74 Å². The number of rotatable bonds is 2. The summed E-state index contributed by atoms with van der Waals surface area (Å²) < 4.78 is 4.79. The number of hydrogen-bond acceptors (Lipinski definition) is 5. The van der Waals surface area contributed by atoms with Crippen molar-refractivity contribution in [1.82, 2.24) is 0 Å². The Morgan fingerprint density at radius 2 is 2.07 bits per heavy atom. The molecular weight excluding hydrogens is 188 g/mol. The Bertz CT molecular complexity index is 260. The van der Waals surface area contributed by atoms with Crippen molar-refractivity contribution in [1.29, 1.82) is 0 Å². The lowest BCUT2D eigenvalue weighted by Crippen LogP contribution is -2.51. The molecule has 0 amide bonds. The van der Waals surface area contributed by atoms with Crippen molar-refractivity contribution in [2.75, 3.05) is 0 Å². The zero-order chi connectivity index (χ0) is 10.7. The highest BCUT2D eigenvalue weighted by Gasteiger charge is 2.42. The third-order valence-electron chi connectivity index (χ3n) is 2.07. The molecule has 0 aromatic heterocycles. The second-order valence-electron chi connectivity index (χ2n) is 3.03. The van der Waals surface area contributed by atoms with E-state index in [0.717, 1.165) is 0 Å². The van der Waals surface area contributed by atoms with Gasteiger partial charge in [-0.05, 0) is 6.92 Å². The Morgan fingerprint density at radius 1 is 1.43 bits per heavy atom. The molecule has 5 nitrogen and oxygen atoms in total. The molecule has 5 heteroatoms. The van der Waals surface area contributed by atoms with Crippen molar-refractivity contribution >= 4 is 12.1 Å². The maximum absolute atomic E-state index is 11.4. The van der Waals surface area contributed by atoms with Gasteiger partial charge in [0.1, 0.15) is 24.4 Å². The molecule has 0 saturated carbocycles. The van der Waals surface area contributed by atoms with Gasteiger partial charge in [0.05, 0.1) is 0 Å². The van der Waals surface area contributed by atoms with Crippen molar-refractivity contribution in [3.05, 3.63) is 12.2 Å². The number of ketones is 1. The molecule has 0 aliphatic carbocycles. The molecule has 1 heterocycles. The summed E-state index contributed by atoms with van der Waals surface area (Å²) >= 11 is 0. The van der Waals surface area contributed by atoms with Gasteiger partial charge in [-0.15, -0.1) is 0 Å². The number of carbonyl (C=O) groups is 2. The molecule has 0 radical (unpaired) electrons. The van der Waals surface area contributed by atoms with Crippen molar-refractivity contribution in [2.45, 2.75) is 25.4 Å². The topological polar surface area (TPSA) is 83.8 Å². The molecule has 4 atom stereocenters. The van der Waals surface area contributed by atoms with Crippen LogP contribution in [-0.4, -0.2) is 40.8 Å². The van der Waals surface area contributed by atoms with Crippen molar-refractivity contribution in [2.24, 2.45) is 5.92 Å². The fourth-order valence-corrected chi connectivity index (χ4v) is 1.30. The van der Waals surface area contributed by atoms with Crippen LogP contribution in [0.4, 0.5) is 0 Å². The standard InChI is InChI=1S/C9H12O5/c1-2-3-6-7(11)5(4-10)8(12)9(13)14-6/h2-6,8-9,12-13H,1H3/t5-,6+,8+,9?/m0/s1. The molecule has 0 spiro atoms. The monoisotopic (exact) mass is 200 g/mol. The van der Waals surface area contributed by atoms with E-state index in [1.54, 1.807) is 13.0 Å². The van der Waals surface area contributed by atoms with Crippen LogP contribution in [0.2, 0.25) is 0 Å². The average Bonchev–Trinajstić information content (AvgIpc) is 2.16. The highest BCUT2D eigenvalue weighted by Crippen LogP contribution is 2.20. The molecule has 1 fully saturated rings. The molecule has 0 bridgehead atoms. The number of allylic oxidation sites excluding steroid dienone is 1. The Morgan fingerprint density at radius 3 is 2.57 bits per heavy atom. The first-order valence-electron chi connectivity index (χ1n) is 4.25. The highest BCUT2D eigenvalue weighted by atomic mass is 16.6. The molecule has 0 aromatic carbocycles. The third kappa shape index (κ3) is 1.89. The predicted molar refractivity (Wildman–Crippen MR) is 46.3 cm³/mol. The summed E-state index contributed by atoms with van der Waals surface area (Å²) in [6.07, 6.45) is -0.586. The molecule has 1 aliphatic rings. The van der Waals surface area contributed by atoms with Crippen LogP contribution in [0.1, 0.15) is 6.92 Å². The van der Waals surface area contributed by atoms with Gasteiger partial charge in [0.2, 0.25) is 0 Å². The number of Topliss-reactive ketones (excluding diaryl/α,β-unsaturated/α-hetero) is 1. The van der Waals surface area contributed by atoms with E-state index >= 15 is 0 Å². The molecule has 0 aromatic rings. The summed E-state index contributed by atoms with van der Waals surface area (Å²) in [6.45, 7) is 1.68. The van der Waals surface area contributed by atoms with Crippen LogP contribution in [0, 0.1) is 5.92 Å². The molecule has 1 rings (SSSR count). The quantitative estimate of drug-likeness (QED) is 0.340. The van der Waals surface area contributed by atoms with E-state index in [2.05, 4.69) is 0 Å². The minimum Gasteiger partial charge on any atom is -0.387 e. The van der Waals surface area contributed by atoms with Gasteiger partial charge in [0.15, 0.2) is 12.1 Å². The maximum Gasteiger partial charge on any atom is 0.183 e. The van der Waals surface area contributed by atoms with Crippen LogP contribution in [0.25, 0.3) is 0 Å². The number of aldehydes is 1. The molecule has 1 unspecified atom stereocenters. The van der Waals surface area contributed by atoms with Crippen LogP contribution < -0.4 is 0 Å². The zero-order valence-corrected chi connectivity index (χ0v) is 7.66. The number of hydrogen-bond donors (Lipinski definition) is 2. The predicted octanol–water partition coefficient (Wildman–Crippen LogP) is -0.975. The van der Waals surface area contributed by atoms with Gasteiger partial charge in [-0.1, -0.05) is 12.2 Å².